The van der Waals surface area contributed by atoms with E-state index in [1.54, 1.807) is 21.6 Å². The monoisotopic (exact) mass is 304 g/mol. The molecule has 1 atom stereocenters. The maximum absolute atomic E-state index is 12.5. The molecule has 3 rings (SSSR count). The second kappa shape index (κ2) is 5.72. The fraction of sp³-hybridized carbons (Fsp3) is 0.500. The van der Waals surface area contributed by atoms with Crippen molar-refractivity contribution >= 4 is 29.3 Å². The van der Waals surface area contributed by atoms with E-state index in [1.807, 2.05) is 31.3 Å². The Bertz CT molecular complexity index is 571. The largest absolute Gasteiger partial charge is 0.341 e. The molecule has 0 bridgehead atoms. The van der Waals surface area contributed by atoms with E-state index < -0.39 is 0 Å². The molecule has 1 saturated carbocycles. The van der Waals surface area contributed by atoms with E-state index in [2.05, 4.69) is 6.92 Å². The average Bonchev–Trinajstić information content (AvgIpc) is 3.33. The summed E-state index contributed by atoms with van der Waals surface area (Å²) >= 11 is 1.54. The summed E-state index contributed by atoms with van der Waals surface area (Å²) in [5, 5.41) is 0. The number of hydrogen-bond donors (Lipinski definition) is 0. The zero-order valence-corrected chi connectivity index (χ0v) is 13.2. The van der Waals surface area contributed by atoms with Gasteiger partial charge in [-0.2, -0.15) is 0 Å². The van der Waals surface area contributed by atoms with Crippen LogP contribution in [0.1, 0.15) is 19.8 Å². The molecule has 1 heterocycles. The number of para-hydroxylation sites is 1. The predicted molar refractivity (Wildman–Crippen MR) is 84.5 cm³/mol. The van der Waals surface area contributed by atoms with Gasteiger partial charge in [0.15, 0.2) is 0 Å². The number of amides is 2. The van der Waals surface area contributed by atoms with Crippen LogP contribution in [0.3, 0.4) is 0 Å². The minimum Gasteiger partial charge on any atom is -0.341 e. The summed E-state index contributed by atoms with van der Waals surface area (Å²) < 4.78 is 0. The normalized spacial score (nSPS) is 19.1. The van der Waals surface area contributed by atoms with E-state index in [1.165, 1.54) is 12.8 Å². The van der Waals surface area contributed by atoms with E-state index in [0.717, 1.165) is 10.6 Å². The highest BCUT2D eigenvalue weighted by molar-refractivity contribution is 8.00. The molecule has 4 nitrogen and oxygen atoms in total. The summed E-state index contributed by atoms with van der Waals surface area (Å²) in [6, 6.07) is 8.05. The highest BCUT2D eigenvalue weighted by Gasteiger charge is 2.34. The molecule has 21 heavy (non-hydrogen) atoms. The third-order valence-corrected chi connectivity index (χ3v) is 5.46. The van der Waals surface area contributed by atoms with Gasteiger partial charge in [0.1, 0.15) is 6.54 Å². The second-order valence-electron chi connectivity index (χ2n) is 5.82. The lowest BCUT2D eigenvalue weighted by atomic mass is 10.2. The van der Waals surface area contributed by atoms with Gasteiger partial charge in [0, 0.05) is 18.0 Å². The molecular weight excluding hydrogens is 284 g/mol. The van der Waals surface area contributed by atoms with Gasteiger partial charge in [-0.25, -0.2) is 0 Å². The van der Waals surface area contributed by atoms with Crippen LogP contribution in [0.2, 0.25) is 0 Å². The Balaban J connectivity index is 1.74. The number of thioether (sulfide) groups is 1. The molecule has 0 radical (unpaired) electrons. The molecule has 0 N–H and O–H groups in total. The number of fused-ring (bicyclic) bond motifs is 1. The molecule has 1 aliphatic heterocycles. The van der Waals surface area contributed by atoms with Gasteiger partial charge in [0.2, 0.25) is 11.8 Å². The molecule has 0 spiro atoms. The Morgan fingerprint density at radius 2 is 2.14 bits per heavy atom. The van der Waals surface area contributed by atoms with E-state index >= 15 is 0 Å². The van der Waals surface area contributed by atoms with Gasteiger partial charge in [0.05, 0.1) is 11.4 Å². The van der Waals surface area contributed by atoms with Gasteiger partial charge in [-0.3, -0.25) is 9.59 Å². The molecule has 0 saturated heterocycles. The molecule has 1 aromatic rings. The van der Waals surface area contributed by atoms with Gasteiger partial charge >= 0.3 is 0 Å². The number of benzene rings is 1. The van der Waals surface area contributed by atoms with Crippen LogP contribution < -0.4 is 4.90 Å². The topological polar surface area (TPSA) is 40.6 Å². The maximum Gasteiger partial charge on any atom is 0.242 e. The molecular formula is C16H20N2O2S. The Kier molecular flexibility index (Phi) is 3.93. The Morgan fingerprint density at radius 3 is 2.86 bits per heavy atom. The predicted octanol–water partition coefficient (Wildman–Crippen LogP) is 2.38. The molecule has 1 aromatic carbocycles. The third kappa shape index (κ3) is 2.93. The van der Waals surface area contributed by atoms with Crippen molar-refractivity contribution in [1.82, 2.24) is 4.90 Å². The quantitative estimate of drug-likeness (QED) is 0.857. The second-order valence-corrected chi connectivity index (χ2v) is 6.84. The fourth-order valence-electron chi connectivity index (χ4n) is 2.70. The Morgan fingerprint density at radius 1 is 1.43 bits per heavy atom. The fourth-order valence-corrected chi connectivity index (χ4v) is 3.63. The lowest BCUT2D eigenvalue weighted by molar-refractivity contribution is -0.132. The van der Waals surface area contributed by atoms with Crippen molar-refractivity contribution in [3.05, 3.63) is 24.3 Å². The first-order valence-electron chi connectivity index (χ1n) is 7.36. The molecule has 1 unspecified atom stereocenters. The van der Waals surface area contributed by atoms with Crippen LogP contribution in [0, 0.1) is 5.92 Å². The van der Waals surface area contributed by atoms with Crippen molar-refractivity contribution in [3.63, 3.8) is 0 Å². The summed E-state index contributed by atoms with van der Waals surface area (Å²) in [6.45, 7) is 2.24. The Hall–Kier alpha value is -1.49. The van der Waals surface area contributed by atoms with Crippen molar-refractivity contribution < 1.29 is 9.59 Å². The smallest absolute Gasteiger partial charge is 0.242 e. The van der Waals surface area contributed by atoms with Crippen molar-refractivity contribution in [2.45, 2.75) is 30.7 Å². The van der Waals surface area contributed by atoms with Gasteiger partial charge in [0.25, 0.3) is 0 Å². The molecule has 1 aliphatic carbocycles. The highest BCUT2D eigenvalue weighted by atomic mass is 32.2. The number of carbonyl (C=O) groups is 2. The lowest BCUT2D eigenvalue weighted by Crippen LogP contribution is -2.46. The van der Waals surface area contributed by atoms with Gasteiger partial charge in [-0.15, -0.1) is 11.8 Å². The number of nitrogens with zero attached hydrogens (tertiary/aromatic N) is 2. The van der Waals surface area contributed by atoms with Crippen LogP contribution in [0.5, 0.6) is 0 Å². The van der Waals surface area contributed by atoms with E-state index in [9.17, 15) is 9.59 Å². The number of hydrogen-bond acceptors (Lipinski definition) is 3. The van der Waals surface area contributed by atoms with E-state index in [0.29, 0.717) is 11.7 Å². The summed E-state index contributed by atoms with van der Waals surface area (Å²) in [7, 11) is 1.85. The van der Waals surface area contributed by atoms with Crippen LogP contribution >= 0.6 is 11.8 Å². The average molecular weight is 304 g/mol. The summed E-state index contributed by atoms with van der Waals surface area (Å²) in [6.07, 6.45) is 2.42. The van der Waals surface area contributed by atoms with Gasteiger partial charge in [-0.05, 0) is 37.8 Å². The lowest BCUT2D eigenvalue weighted by Gasteiger charge is -2.31. The van der Waals surface area contributed by atoms with Gasteiger partial charge in [-0.1, -0.05) is 12.1 Å². The molecule has 5 heteroatoms. The van der Waals surface area contributed by atoms with Crippen molar-refractivity contribution in [3.8, 4) is 0 Å². The zero-order valence-electron chi connectivity index (χ0n) is 12.4. The number of rotatable bonds is 4. The van der Waals surface area contributed by atoms with Crippen LogP contribution in [0.4, 0.5) is 5.69 Å². The maximum atomic E-state index is 12.5. The highest BCUT2D eigenvalue weighted by Crippen LogP contribution is 2.36. The summed E-state index contributed by atoms with van der Waals surface area (Å²) in [4.78, 5) is 29.1. The molecule has 112 valence electrons. The van der Waals surface area contributed by atoms with Crippen LogP contribution in [0.15, 0.2) is 29.2 Å². The number of anilines is 1. The van der Waals surface area contributed by atoms with Crippen LogP contribution in [-0.4, -0.2) is 42.1 Å². The van der Waals surface area contributed by atoms with Gasteiger partial charge < -0.3 is 9.80 Å². The number of likely N-dealkylation sites (N-methyl/N-ethyl adjacent to an activating group) is 1. The molecule has 2 amide bonds. The zero-order chi connectivity index (χ0) is 15.0. The van der Waals surface area contributed by atoms with Crippen molar-refractivity contribution in [2.75, 3.05) is 24.2 Å². The number of carbonyl (C=O) groups excluding carboxylic acids is 2. The minimum atomic E-state index is 0.0134. The SMILES string of the molecule is CC(C1CC1)N(C)C(=O)CN1C(=O)CSc2ccccc21. The molecule has 1 fully saturated rings. The minimum absolute atomic E-state index is 0.0134. The van der Waals surface area contributed by atoms with E-state index in [4.69, 9.17) is 0 Å². The third-order valence-electron chi connectivity index (χ3n) is 4.41. The summed E-state index contributed by atoms with van der Waals surface area (Å²) in [5.41, 5.74) is 0.861. The first kappa shape index (κ1) is 14.4. The summed E-state index contributed by atoms with van der Waals surface area (Å²) in [5.74, 6) is 1.08. The van der Waals surface area contributed by atoms with E-state index in [-0.39, 0.29) is 24.4 Å². The van der Waals surface area contributed by atoms with Crippen molar-refractivity contribution in [2.24, 2.45) is 5.92 Å². The first-order valence-corrected chi connectivity index (χ1v) is 8.34. The molecule has 0 aromatic heterocycles. The molecule has 2 aliphatic rings. The van der Waals surface area contributed by atoms with Crippen LogP contribution in [0.25, 0.3) is 0 Å². The van der Waals surface area contributed by atoms with Crippen molar-refractivity contribution in [1.29, 1.82) is 0 Å². The standard InChI is InChI=1S/C16H20N2O2S/c1-11(12-7-8-12)17(2)15(19)9-18-13-5-3-4-6-14(13)21-10-16(18)20/h3-6,11-12H,7-10H2,1-2H3. The van der Waals surface area contributed by atoms with Crippen LogP contribution in [-0.2, 0) is 9.59 Å². The first-order chi connectivity index (χ1) is 10.1. The Labute approximate surface area is 129 Å².